The quantitative estimate of drug-likeness (QED) is 0.861. The standard InChI is InChI=1S/C13H16F2N4S/c1-8(2)5-16-6-9-3-10(14)12(11(15)4-9)20-13-17-7-18-19-13/h3-4,7-8,16H,5-6H2,1-2H3,(H,17,18,19). The lowest BCUT2D eigenvalue weighted by Crippen LogP contribution is -2.19. The lowest BCUT2D eigenvalue weighted by atomic mass is 10.2. The molecule has 20 heavy (non-hydrogen) atoms. The number of rotatable bonds is 6. The number of hydrogen-bond donors (Lipinski definition) is 2. The molecule has 108 valence electrons. The number of nitrogens with one attached hydrogen (secondary N) is 2. The molecule has 0 aliphatic heterocycles. The summed E-state index contributed by atoms with van der Waals surface area (Å²) in [5.41, 5.74) is 0.586. The van der Waals surface area contributed by atoms with Crippen LogP contribution in [-0.2, 0) is 6.54 Å². The fourth-order valence-electron chi connectivity index (χ4n) is 1.66. The summed E-state index contributed by atoms with van der Waals surface area (Å²) in [5.74, 6) is -0.688. The first kappa shape index (κ1) is 14.9. The van der Waals surface area contributed by atoms with E-state index in [1.54, 1.807) is 0 Å². The summed E-state index contributed by atoms with van der Waals surface area (Å²) in [6.07, 6.45) is 1.29. The van der Waals surface area contributed by atoms with E-state index in [0.29, 0.717) is 23.2 Å². The van der Waals surface area contributed by atoms with Crippen LogP contribution in [0.4, 0.5) is 8.78 Å². The molecular formula is C13H16F2N4S. The Kier molecular flexibility index (Phi) is 5.08. The van der Waals surface area contributed by atoms with E-state index in [2.05, 4.69) is 34.3 Å². The van der Waals surface area contributed by atoms with Gasteiger partial charge in [-0.15, -0.1) is 0 Å². The zero-order chi connectivity index (χ0) is 14.5. The van der Waals surface area contributed by atoms with Gasteiger partial charge in [0.25, 0.3) is 0 Å². The molecule has 1 aromatic carbocycles. The number of aromatic nitrogens is 3. The van der Waals surface area contributed by atoms with E-state index in [9.17, 15) is 8.78 Å². The fourth-order valence-corrected chi connectivity index (χ4v) is 2.36. The molecule has 4 nitrogen and oxygen atoms in total. The SMILES string of the molecule is CC(C)CNCc1cc(F)c(Sc2ncn[nH]2)c(F)c1. The average molecular weight is 298 g/mol. The van der Waals surface area contributed by atoms with Gasteiger partial charge in [-0.2, -0.15) is 5.10 Å². The molecule has 1 aromatic heterocycles. The molecule has 0 saturated carbocycles. The van der Waals surface area contributed by atoms with Crippen LogP contribution in [0.5, 0.6) is 0 Å². The van der Waals surface area contributed by atoms with Crippen LogP contribution in [-0.4, -0.2) is 21.7 Å². The molecule has 2 N–H and O–H groups in total. The van der Waals surface area contributed by atoms with Crippen LogP contribution in [0.3, 0.4) is 0 Å². The largest absolute Gasteiger partial charge is 0.312 e. The molecule has 0 radical (unpaired) electrons. The number of H-pyrrole nitrogens is 1. The zero-order valence-corrected chi connectivity index (χ0v) is 12.1. The van der Waals surface area contributed by atoms with Gasteiger partial charge < -0.3 is 5.32 Å². The van der Waals surface area contributed by atoms with Gasteiger partial charge in [-0.05, 0) is 41.9 Å². The van der Waals surface area contributed by atoms with Gasteiger partial charge in [0.1, 0.15) is 18.0 Å². The van der Waals surface area contributed by atoms with Gasteiger partial charge in [0, 0.05) is 6.54 Å². The molecule has 2 aromatic rings. The third-order valence-corrected chi connectivity index (χ3v) is 3.52. The van der Waals surface area contributed by atoms with Gasteiger partial charge in [0.05, 0.1) is 4.90 Å². The van der Waals surface area contributed by atoms with Crippen LogP contribution in [0, 0.1) is 17.6 Å². The highest BCUT2D eigenvalue weighted by molar-refractivity contribution is 7.99. The van der Waals surface area contributed by atoms with Gasteiger partial charge in [-0.3, -0.25) is 5.10 Å². The Balaban J connectivity index is 2.08. The lowest BCUT2D eigenvalue weighted by molar-refractivity contribution is 0.525. The van der Waals surface area contributed by atoms with Crippen LogP contribution in [0.2, 0.25) is 0 Å². The van der Waals surface area contributed by atoms with Crippen molar-refractivity contribution < 1.29 is 8.78 Å². The molecule has 0 bridgehead atoms. The summed E-state index contributed by atoms with van der Waals surface area (Å²) in [6.45, 7) is 5.40. The minimum absolute atomic E-state index is 0.0747. The first-order chi connectivity index (χ1) is 9.56. The topological polar surface area (TPSA) is 53.6 Å². The molecule has 0 aliphatic rings. The summed E-state index contributed by atoms with van der Waals surface area (Å²) in [6, 6.07) is 2.68. The van der Waals surface area contributed by atoms with Gasteiger partial charge >= 0.3 is 0 Å². The lowest BCUT2D eigenvalue weighted by Gasteiger charge is -2.09. The molecule has 0 saturated heterocycles. The van der Waals surface area contributed by atoms with Crippen molar-refractivity contribution in [1.29, 1.82) is 0 Å². The van der Waals surface area contributed by atoms with Crippen molar-refractivity contribution in [3.63, 3.8) is 0 Å². The maximum Gasteiger partial charge on any atom is 0.188 e. The average Bonchev–Trinajstić information content (AvgIpc) is 2.86. The minimum Gasteiger partial charge on any atom is -0.312 e. The van der Waals surface area contributed by atoms with E-state index in [4.69, 9.17) is 0 Å². The predicted octanol–water partition coefficient (Wildman–Crippen LogP) is 2.98. The maximum atomic E-state index is 13.9. The number of halogens is 2. The van der Waals surface area contributed by atoms with E-state index >= 15 is 0 Å². The van der Waals surface area contributed by atoms with Crippen molar-refractivity contribution in [3.8, 4) is 0 Å². The van der Waals surface area contributed by atoms with Crippen molar-refractivity contribution in [1.82, 2.24) is 20.5 Å². The van der Waals surface area contributed by atoms with Gasteiger partial charge in [0.2, 0.25) is 0 Å². The highest BCUT2D eigenvalue weighted by Gasteiger charge is 2.14. The second-order valence-electron chi connectivity index (χ2n) is 4.81. The Hall–Kier alpha value is -1.47. The molecule has 7 heteroatoms. The van der Waals surface area contributed by atoms with Gasteiger partial charge in [-0.25, -0.2) is 13.8 Å². The zero-order valence-electron chi connectivity index (χ0n) is 11.3. The van der Waals surface area contributed by atoms with E-state index in [1.165, 1.54) is 18.5 Å². The first-order valence-electron chi connectivity index (χ1n) is 6.28. The molecule has 0 aliphatic carbocycles. The summed E-state index contributed by atoms with van der Waals surface area (Å²) in [5, 5.41) is 9.70. The number of hydrogen-bond acceptors (Lipinski definition) is 4. The van der Waals surface area contributed by atoms with Gasteiger partial charge in [0.15, 0.2) is 5.16 Å². The summed E-state index contributed by atoms with van der Waals surface area (Å²) in [4.78, 5) is 3.76. The van der Waals surface area contributed by atoms with Gasteiger partial charge in [-0.1, -0.05) is 13.8 Å². The van der Waals surface area contributed by atoms with Crippen LogP contribution < -0.4 is 5.32 Å². The van der Waals surface area contributed by atoms with E-state index in [0.717, 1.165) is 18.3 Å². The molecule has 1 heterocycles. The van der Waals surface area contributed by atoms with Crippen LogP contribution in [0.15, 0.2) is 28.5 Å². The van der Waals surface area contributed by atoms with Crippen molar-refractivity contribution in [3.05, 3.63) is 35.7 Å². The summed E-state index contributed by atoms with van der Waals surface area (Å²) >= 11 is 0.885. The van der Waals surface area contributed by atoms with Crippen molar-refractivity contribution in [2.75, 3.05) is 6.54 Å². The number of aromatic amines is 1. The monoisotopic (exact) mass is 298 g/mol. The highest BCUT2D eigenvalue weighted by atomic mass is 32.2. The Morgan fingerprint density at radius 3 is 2.55 bits per heavy atom. The van der Waals surface area contributed by atoms with Crippen LogP contribution >= 0.6 is 11.8 Å². The smallest absolute Gasteiger partial charge is 0.188 e. The number of nitrogens with zero attached hydrogens (tertiary/aromatic N) is 2. The predicted molar refractivity (Wildman–Crippen MR) is 73.4 cm³/mol. The second-order valence-corrected chi connectivity index (χ2v) is 5.81. The molecule has 0 unspecified atom stereocenters. The van der Waals surface area contributed by atoms with Crippen LogP contribution in [0.1, 0.15) is 19.4 Å². The Bertz CT molecular complexity index is 534. The molecule has 0 atom stereocenters. The fraction of sp³-hybridized carbons (Fsp3) is 0.385. The molecular weight excluding hydrogens is 282 g/mol. The molecule has 0 fully saturated rings. The van der Waals surface area contributed by atoms with Crippen molar-refractivity contribution >= 4 is 11.8 Å². The van der Waals surface area contributed by atoms with Crippen molar-refractivity contribution in [2.45, 2.75) is 30.4 Å². The van der Waals surface area contributed by atoms with E-state index in [1.807, 2.05) is 0 Å². The van der Waals surface area contributed by atoms with Crippen LogP contribution in [0.25, 0.3) is 0 Å². The normalized spacial score (nSPS) is 11.2. The summed E-state index contributed by atoms with van der Waals surface area (Å²) < 4.78 is 27.9. The van der Waals surface area contributed by atoms with E-state index in [-0.39, 0.29) is 4.90 Å². The summed E-state index contributed by atoms with van der Waals surface area (Å²) in [7, 11) is 0. The van der Waals surface area contributed by atoms with E-state index < -0.39 is 11.6 Å². The Morgan fingerprint density at radius 1 is 1.30 bits per heavy atom. The van der Waals surface area contributed by atoms with Crippen molar-refractivity contribution in [2.24, 2.45) is 5.92 Å². The maximum absolute atomic E-state index is 13.9. The molecule has 0 spiro atoms. The Morgan fingerprint density at radius 2 is 2.00 bits per heavy atom. The number of benzene rings is 1. The highest BCUT2D eigenvalue weighted by Crippen LogP contribution is 2.30. The third-order valence-electron chi connectivity index (χ3n) is 2.53. The molecule has 2 rings (SSSR count). The minimum atomic E-state index is -0.590. The first-order valence-corrected chi connectivity index (χ1v) is 7.09. The molecule has 0 amide bonds. The Labute approximate surface area is 120 Å². The second kappa shape index (κ2) is 6.81. The third kappa shape index (κ3) is 4.01.